The van der Waals surface area contributed by atoms with E-state index in [9.17, 15) is 15.0 Å². The first kappa shape index (κ1) is 12.9. The average Bonchev–Trinajstić information content (AvgIpc) is 2.43. The molecule has 3 N–H and O–H groups in total. The largest absolute Gasteiger partial charge is 0.506 e. The third-order valence-electron chi connectivity index (χ3n) is 4.14. The first-order valence-electron chi connectivity index (χ1n) is 6.79. The fraction of sp³-hybridized carbons (Fsp3) is 0.312. The fourth-order valence-electron chi connectivity index (χ4n) is 2.67. The minimum atomic E-state index is -0.505. The number of benzene rings is 2. The van der Waals surface area contributed by atoms with Crippen LogP contribution in [-0.2, 0) is 0 Å². The van der Waals surface area contributed by atoms with Gasteiger partial charge in [0.15, 0.2) is 0 Å². The van der Waals surface area contributed by atoms with E-state index in [4.69, 9.17) is 0 Å². The van der Waals surface area contributed by atoms with Gasteiger partial charge in [-0.05, 0) is 30.7 Å². The molecule has 4 heteroatoms. The molecule has 2 aromatic rings. The van der Waals surface area contributed by atoms with Gasteiger partial charge in [-0.1, -0.05) is 30.3 Å². The molecule has 0 unspecified atom stereocenters. The van der Waals surface area contributed by atoms with Crippen molar-refractivity contribution in [2.45, 2.75) is 24.8 Å². The van der Waals surface area contributed by atoms with Gasteiger partial charge in [-0.2, -0.15) is 0 Å². The Labute approximate surface area is 117 Å². The zero-order chi connectivity index (χ0) is 14.2. The van der Waals surface area contributed by atoms with Crippen LogP contribution in [0.2, 0.25) is 0 Å². The molecule has 1 saturated carbocycles. The number of phenols is 1. The SMILES string of the molecule is O=C(NC1(CO)CCC1)c1ccc2ccccc2c1O. The lowest BCUT2D eigenvalue weighted by Gasteiger charge is -2.41. The number of nitrogens with one attached hydrogen (secondary N) is 1. The van der Waals surface area contributed by atoms with Crippen molar-refractivity contribution in [3.63, 3.8) is 0 Å². The van der Waals surface area contributed by atoms with Crippen molar-refractivity contribution in [1.29, 1.82) is 0 Å². The summed E-state index contributed by atoms with van der Waals surface area (Å²) in [5, 5.41) is 24.1. The van der Waals surface area contributed by atoms with Gasteiger partial charge in [0, 0.05) is 5.39 Å². The Balaban J connectivity index is 1.94. The number of hydrogen-bond acceptors (Lipinski definition) is 3. The highest BCUT2D eigenvalue weighted by atomic mass is 16.3. The highest BCUT2D eigenvalue weighted by molar-refractivity contribution is 6.03. The van der Waals surface area contributed by atoms with Crippen LogP contribution in [0.5, 0.6) is 5.75 Å². The molecule has 2 aromatic carbocycles. The van der Waals surface area contributed by atoms with Crippen molar-refractivity contribution in [2.24, 2.45) is 0 Å². The van der Waals surface area contributed by atoms with Gasteiger partial charge in [-0.15, -0.1) is 0 Å². The summed E-state index contributed by atoms with van der Waals surface area (Å²) in [6.45, 7) is -0.0624. The van der Waals surface area contributed by atoms with Gasteiger partial charge in [0.2, 0.25) is 0 Å². The van der Waals surface area contributed by atoms with Crippen LogP contribution in [0.1, 0.15) is 29.6 Å². The average molecular weight is 271 g/mol. The van der Waals surface area contributed by atoms with Crippen LogP contribution in [0, 0.1) is 0 Å². The molecule has 104 valence electrons. The second-order valence-electron chi connectivity index (χ2n) is 5.43. The van der Waals surface area contributed by atoms with Crippen LogP contribution in [0.25, 0.3) is 10.8 Å². The standard InChI is InChI=1S/C16H17NO3/c18-10-16(8-3-9-16)17-15(20)13-7-6-11-4-1-2-5-12(11)14(13)19/h1-2,4-7,18-19H,3,8-10H2,(H,17,20). The van der Waals surface area contributed by atoms with Crippen LogP contribution in [0.3, 0.4) is 0 Å². The number of phenolic OH excluding ortho intramolecular Hbond substituents is 1. The van der Waals surface area contributed by atoms with Gasteiger partial charge in [0.1, 0.15) is 5.75 Å². The number of carbonyl (C=O) groups excluding carboxylic acids is 1. The molecule has 0 spiro atoms. The van der Waals surface area contributed by atoms with Crippen LogP contribution in [0.4, 0.5) is 0 Å². The first-order chi connectivity index (χ1) is 9.65. The molecule has 0 atom stereocenters. The number of aromatic hydroxyl groups is 1. The van der Waals surface area contributed by atoms with E-state index in [0.717, 1.165) is 24.6 Å². The molecule has 4 nitrogen and oxygen atoms in total. The summed E-state index contributed by atoms with van der Waals surface area (Å²) in [5.41, 5.74) is -0.252. The topological polar surface area (TPSA) is 69.6 Å². The second-order valence-corrected chi connectivity index (χ2v) is 5.43. The molecule has 1 amide bonds. The van der Waals surface area contributed by atoms with Crippen LogP contribution < -0.4 is 5.32 Å². The maximum Gasteiger partial charge on any atom is 0.255 e. The number of amides is 1. The summed E-state index contributed by atoms with van der Waals surface area (Å²) in [5.74, 6) is -0.338. The smallest absolute Gasteiger partial charge is 0.255 e. The molecule has 1 aliphatic carbocycles. The number of aliphatic hydroxyl groups excluding tert-OH is 1. The third kappa shape index (κ3) is 2.02. The Bertz CT molecular complexity index is 656. The lowest BCUT2D eigenvalue weighted by Crippen LogP contribution is -2.56. The molecule has 0 bridgehead atoms. The van der Waals surface area contributed by atoms with E-state index in [2.05, 4.69) is 5.32 Å². The van der Waals surface area contributed by atoms with Crippen molar-refractivity contribution in [3.8, 4) is 5.75 Å². The molecule has 0 heterocycles. The number of fused-ring (bicyclic) bond motifs is 1. The Morgan fingerprint density at radius 3 is 2.60 bits per heavy atom. The first-order valence-corrected chi connectivity index (χ1v) is 6.79. The molecular weight excluding hydrogens is 254 g/mol. The molecule has 20 heavy (non-hydrogen) atoms. The van der Waals surface area contributed by atoms with Gasteiger partial charge in [0.25, 0.3) is 5.91 Å². The number of carbonyl (C=O) groups is 1. The number of hydrogen-bond donors (Lipinski definition) is 3. The third-order valence-corrected chi connectivity index (χ3v) is 4.14. The quantitative estimate of drug-likeness (QED) is 0.801. The second kappa shape index (κ2) is 4.80. The maximum atomic E-state index is 12.3. The van der Waals surface area contributed by atoms with E-state index in [1.807, 2.05) is 24.3 Å². The maximum absolute atomic E-state index is 12.3. The Kier molecular flexibility index (Phi) is 3.10. The number of rotatable bonds is 3. The number of aliphatic hydroxyl groups is 1. The summed E-state index contributed by atoms with van der Waals surface area (Å²) >= 11 is 0. The van der Waals surface area contributed by atoms with Crippen molar-refractivity contribution in [3.05, 3.63) is 42.0 Å². The molecule has 0 saturated heterocycles. The van der Waals surface area contributed by atoms with Gasteiger partial charge in [-0.25, -0.2) is 0 Å². The van der Waals surface area contributed by atoms with Gasteiger partial charge in [0.05, 0.1) is 17.7 Å². The summed E-state index contributed by atoms with van der Waals surface area (Å²) in [6, 6.07) is 10.8. The fourth-order valence-corrected chi connectivity index (χ4v) is 2.67. The van der Waals surface area contributed by atoms with Gasteiger partial charge < -0.3 is 15.5 Å². The van der Waals surface area contributed by atoms with Crippen molar-refractivity contribution >= 4 is 16.7 Å². The monoisotopic (exact) mass is 271 g/mol. The van der Waals surface area contributed by atoms with Gasteiger partial charge >= 0.3 is 0 Å². The van der Waals surface area contributed by atoms with E-state index in [-0.39, 0.29) is 23.8 Å². The van der Waals surface area contributed by atoms with Crippen molar-refractivity contribution in [1.82, 2.24) is 5.32 Å². The van der Waals surface area contributed by atoms with Crippen molar-refractivity contribution in [2.75, 3.05) is 6.61 Å². The molecule has 0 radical (unpaired) electrons. The Hall–Kier alpha value is -2.07. The molecule has 1 fully saturated rings. The van der Waals surface area contributed by atoms with Crippen LogP contribution in [-0.4, -0.2) is 28.3 Å². The van der Waals surface area contributed by atoms with E-state index in [1.165, 1.54) is 0 Å². The Morgan fingerprint density at radius 2 is 1.95 bits per heavy atom. The minimum absolute atomic E-state index is 0.00647. The summed E-state index contributed by atoms with van der Waals surface area (Å²) in [4.78, 5) is 12.3. The summed E-state index contributed by atoms with van der Waals surface area (Å²) < 4.78 is 0. The summed E-state index contributed by atoms with van der Waals surface area (Å²) in [6.07, 6.45) is 2.57. The van der Waals surface area contributed by atoms with E-state index >= 15 is 0 Å². The summed E-state index contributed by atoms with van der Waals surface area (Å²) in [7, 11) is 0. The molecule has 0 aliphatic heterocycles. The van der Waals surface area contributed by atoms with E-state index < -0.39 is 5.54 Å². The van der Waals surface area contributed by atoms with Crippen molar-refractivity contribution < 1.29 is 15.0 Å². The van der Waals surface area contributed by atoms with Gasteiger partial charge in [-0.3, -0.25) is 4.79 Å². The highest BCUT2D eigenvalue weighted by Crippen LogP contribution is 2.33. The predicted molar refractivity (Wildman–Crippen MR) is 76.7 cm³/mol. The molecule has 0 aromatic heterocycles. The highest BCUT2D eigenvalue weighted by Gasteiger charge is 2.38. The molecular formula is C16H17NO3. The normalized spacial score (nSPS) is 16.6. The molecule has 1 aliphatic rings. The minimum Gasteiger partial charge on any atom is -0.506 e. The predicted octanol–water partition coefficient (Wildman–Crippen LogP) is 2.19. The lowest BCUT2D eigenvalue weighted by molar-refractivity contribution is 0.0640. The van der Waals surface area contributed by atoms with Crippen LogP contribution in [0.15, 0.2) is 36.4 Å². The van der Waals surface area contributed by atoms with E-state index in [1.54, 1.807) is 12.1 Å². The van der Waals surface area contributed by atoms with E-state index in [0.29, 0.717) is 5.39 Å². The molecule has 3 rings (SSSR count). The van der Waals surface area contributed by atoms with Crippen LogP contribution >= 0.6 is 0 Å². The Morgan fingerprint density at radius 1 is 1.20 bits per heavy atom. The zero-order valence-electron chi connectivity index (χ0n) is 11.1. The zero-order valence-corrected chi connectivity index (χ0v) is 11.1. The lowest BCUT2D eigenvalue weighted by atomic mass is 9.77.